The van der Waals surface area contributed by atoms with Gasteiger partial charge in [0.05, 0.1) is 6.61 Å². The Balaban J connectivity index is 2.21. The van der Waals surface area contributed by atoms with Crippen molar-refractivity contribution < 1.29 is 14.2 Å². The molecular formula is C16H17FO2. The second-order valence-electron chi connectivity index (χ2n) is 4.58. The quantitative estimate of drug-likeness (QED) is 0.911. The molecule has 2 aromatic carbocycles. The van der Waals surface area contributed by atoms with Gasteiger partial charge in [-0.3, -0.25) is 0 Å². The highest BCUT2D eigenvalue weighted by molar-refractivity contribution is 5.40. The molecule has 0 aliphatic carbocycles. The largest absolute Gasteiger partial charge is 0.488 e. The number of aliphatic hydroxyl groups is 1. The van der Waals surface area contributed by atoms with Crippen LogP contribution in [0.2, 0.25) is 0 Å². The minimum atomic E-state index is -0.267. The molecule has 0 atom stereocenters. The van der Waals surface area contributed by atoms with E-state index in [1.165, 1.54) is 12.1 Å². The lowest BCUT2D eigenvalue weighted by Gasteiger charge is -2.14. The van der Waals surface area contributed by atoms with Crippen LogP contribution in [0.4, 0.5) is 4.39 Å². The van der Waals surface area contributed by atoms with E-state index in [9.17, 15) is 9.50 Å². The van der Waals surface area contributed by atoms with Crippen molar-refractivity contribution in [3.8, 4) is 5.75 Å². The van der Waals surface area contributed by atoms with Crippen LogP contribution in [0.3, 0.4) is 0 Å². The average Bonchev–Trinajstić information content (AvgIpc) is 2.40. The van der Waals surface area contributed by atoms with E-state index in [0.717, 1.165) is 22.3 Å². The maximum atomic E-state index is 13.2. The molecule has 2 rings (SSSR count). The highest BCUT2D eigenvalue weighted by atomic mass is 19.1. The van der Waals surface area contributed by atoms with Gasteiger partial charge in [-0.15, -0.1) is 0 Å². The third-order valence-electron chi connectivity index (χ3n) is 3.15. The lowest BCUT2D eigenvalue weighted by Crippen LogP contribution is -2.02. The Kier molecular flexibility index (Phi) is 4.17. The van der Waals surface area contributed by atoms with Crippen LogP contribution in [0.25, 0.3) is 0 Å². The first kappa shape index (κ1) is 13.6. The number of aliphatic hydroxyl groups excluding tert-OH is 1. The molecule has 0 saturated carbocycles. The van der Waals surface area contributed by atoms with Gasteiger partial charge in [-0.2, -0.15) is 0 Å². The van der Waals surface area contributed by atoms with Crippen LogP contribution in [0.1, 0.15) is 22.3 Å². The Morgan fingerprint density at radius 3 is 2.58 bits per heavy atom. The van der Waals surface area contributed by atoms with E-state index in [-0.39, 0.29) is 12.4 Å². The lowest BCUT2D eigenvalue weighted by molar-refractivity contribution is 0.257. The number of para-hydroxylation sites is 1. The van der Waals surface area contributed by atoms with Crippen molar-refractivity contribution in [2.75, 3.05) is 0 Å². The number of hydrogen-bond acceptors (Lipinski definition) is 2. The van der Waals surface area contributed by atoms with E-state index >= 15 is 0 Å². The first-order valence-corrected chi connectivity index (χ1v) is 6.19. The third-order valence-corrected chi connectivity index (χ3v) is 3.15. The van der Waals surface area contributed by atoms with E-state index in [0.29, 0.717) is 12.4 Å². The summed E-state index contributed by atoms with van der Waals surface area (Å²) in [6.07, 6.45) is 0. The zero-order valence-corrected chi connectivity index (χ0v) is 11.1. The molecule has 2 nitrogen and oxygen atoms in total. The molecule has 0 aromatic heterocycles. The van der Waals surface area contributed by atoms with Crippen LogP contribution < -0.4 is 4.74 Å². The minimum Gasteiger partial charge on any atom is -0.488 e. The summed E-state index contributed by atoms with van der Waals surface area (Å²) in [5.41, 5.74) is 3.50. The Morgan fingerprint density at radius 1 is 1.05 bits per heavy atom. The van der Waals surface area contributed by atoms with E-state index in [4.69, 9.17) is 4.74 Å². The molecule has 100 valence electrons. The minimum absolute atomic E-state index is 0.0703. The summed E-state index contributed by atoms with van der Waals surface area (Å²) in [5, 5.41) is 9.30. The Bertz CT molecular complexity index is 579. The first-order valence-electron chi connectivity index (χ1n) is 6.19. The summed E-state index contributed by atoms with van der Waals surface area (Å²) in [7, 11) is 0. The van der Waals surface area contributed by atoms with Gasteiger partial charge in [0, 0.05) is 5.56 Å². The summed E-state index contributed by atoms with van der Waals surface area (Å²) in [4.78, 5) is 0. The molecule has 0 amide bonds. The molecule has 0 fully saturated rings. The topological polar surface area (TPSA) is 29.5 Å². The summed E-state index contributed by atoms with van der Waals surface area (Å²) >= 11 is 0. The van der Waals surface area contributed by atoms with Gasteiger partial charge in [-0.05, 0) is 42.7 Å². The van der Waals surface area contributed by atoms with Gasteiger partial charge in [-0.25, -0.2) is 4.39 Å². The fourth-order valence-corrected chi connectivity index (χ4v) is 1.99. The summed E-state index contributed by atoms with van der Waals surface area (Å²) in [6.45, 7) is 4.07. The zero-order valence-electron chi connectivity index (χ0n) is 11.1. The highest BCUT2D eigenvalue weighted by Crippen LogP contribution is 2.25. The summed E-state index contributed by atoms with van der Waals surface area (Å²) in [6, 6.07) is 10.3. The SMILES string of the molecule is Cc1ccc(F)cc1COc1c(C)cccc1CO. The molecule has 2 aromatic rings. The van der Waals surface area contributed by atoms with Crippen molar-refractivity contribution in [2.24, 2.45) is 0 Å². The van der Waals surface area contributed by atoms with Crippen molar-refractivity contribution in [3.63, 3.8) is 0 Å². The van der Waals surface area contributed by atoms with Gasteiger partial charge in [-0.1, -0.05) is 24.3 Å². The van der Waals surface area contributed by atoms with E-state index in [2.05, 4.69) is 0 Å². The normalized spacial score (nSPS) is 10.5. The fraction of sp³-hybridized carbons (Fsp3) is 0.250. The number of benzene rings is 2. The van der Waals surface area contributed by atoms with Gasteiger partial charge < -0.3 is 9.84 Å². The molecule has 0 spiro atoms. The van der Waals surface area contributed by atoms with Gasteiger partial charge in [0.2, 0.25) is 0 Å². The lowest BCUT2D eigenvalue weighted by atomic mass is 10.1. The first-order chi connectivity index (χ1) is 9.11. The predicted octanol–water partition coefficient (Wildman–Crippen LogP) is 3.51. The van der Waals surface area contributed by atoms with Crippen molar-refractivity contribution in [1.29, 1.82) is 0 Å². The second-order valence-corrected chi connectivity index (χ2v) is 4.58. The Hall–Kier alpha value is -1.87. The number of rotatable bonds is 4. The molecule has 0 saturated heterocycles. The second kappa shape index (κ2) is 5.85. The average molecular weight is 260 g/mol. The van der Waals surface area contributed by atoms with E-state index in [1.54, 1.807) is 6.07 Å². The molecule has 0 radical (unpaired) electrons. The van der Waals surface area contributed by atoms with Crippen molar-refractivity contribution in [1.82, 2.24) is 0 Å². The van der Waals surface area contributed by atoms with Gasteiger partial charge in [0.15, 0.2) is 0 Å². The molecule has 0 bridgehead atoms. The third kappa shape index (κ3) is 3.12. The summed E-state index contributed by atoms with van der Waals surface area (Å²) in [5.74, 6) is 0.407. The number of ether oxygens (including phenoxy) is 1. The predicted molar refractivity (Wildman–Crippen MR) is 72.6 cm³/mol. The van der Waals surface area contributed by atoms with Crippen LogP contribution in [0.15, 0.2) is 36.4 Å². The Labute approximate surface area is 112 Å². The van der Waals surface area contributed by atoms with Crippen LogP contribution in [-0.4, -0.2) is 5.11 Å². The smallest absolute Gasteiger partial charge is 0.128 e. The van der Waals surface area contributed by atoms with Crippen molar-refractivity contribution in [2.45, 2.75) is 27.1 Å². The summed E-state index contributed by atoms with van der Waals surface area (Å²) < 4.78 is 19.0. The molecular weight excluding hydrogens is 243 g/mol. The highest BCUT2D eigenvalue weighted by Gasteiger charge is 2.08. The van der Waals surface area contributed by atoms with Crippen LogP contribution in [-0.2, 0) is 13.2 Å². The Morgan fingerprint density at radius 2 is 1.84 bits per heavy atom. The van der Waals surface area contributed by atoms with E-state index < -0.39 is 0 Å². The standard InChI is InChI=1S/C16H17FO2/c1-11-6-7-15(17)8-14(11)10-19-16-12(2)4-3-5-13(16)9-18/h3-8,18H,9-10H2,1-2H3. The molecule has 0 heterocycles. The van der Waals surface area contributed by atoms with Crippen LogP contribution >= 0.6 is 0 Å². The molecule has 0 aliphatic rings. The van der Waals surface area contributed by atoms with Gasteiger partial charge >= 0.3 is 0 Å². The molecule has 19 heavy (non-hydrogen) atoms. The van der Waals surface area contributed by atoms with Crippen LogP contribution in [0, 0.1) is 19.7 Å². The van der Waals surface area contributed by atoms with Crippen LogP contribution in [0.5, 0.6) is 5.75 Å². The molecule has 1 N–H and O–H groups in total. The maximum absolute atomic E-state index is 13.2. The molecule has 0 unspecified atom stereocenters. The van der Waals surface area contributed by atoms with Crippen molar-refractivity contribution in [3.05, 3.63) is 64.5 Å². The van der Waals surface area contributed by atoms with Crippen molar-refractivity contribution >= 4 is 0 Å². The molecule has 0 aliphatic heterocycles. The van der Waals surface area contributed by atoms with E-state index in [1.807, 2.05) is 32.0 Å². The molecule has 3 heteroatoms. The number of aryl methyl sites for hydroxylation is 2. The number of halogens is 1. The monoisotopic (exact) mass is 260 g/mol. The van der Waals surface area contributed by atoms with Gasteiger partial charge in [0.1, 0.15) is 18.2 Å². The number of hydrogen-bond donors (Lipinski definition) is 1. The fourth-order valence-electron chi connectivity index (χ4n) is 1.99. The zero-order chi connectivity index (χ0) is 13.8. The maximum Gasteiger partial charge on any atom is 0.128 e. The van der Waals surface area contributed by atoms with Gasteiger partial charge in [0.25, 0.3) is 0 Å².